The largest absolute Gasteiger partial charge is 0.468 e. The first-order valence-corrected chi connectivity index (χ1v) is 9.05. The zero-order valence-electron chi connectivity index (χ0n) is 15.1. The Kier molecular flexibility index (Phi) is 5.81. The summed E-state index contributed by atoms with van der Waals surface area (Å²) in [6.07, 6.45) is 5.39. The minimum Gasteiger partial charge on any atom is -0.468 e. The molecule has 25 heavy (non-hydrogen) atoms. The van der Waals surface area contributed by atoms with Gasteiger partial charge in [0.1, 0.15) is 5.76 Å². The molecule has 1 aliphatic rings. The summed E-state index contributed by atoms with van der Waals surface area (Å²) >= 11 is 0. The average molecular weight is 344 g/mol. The number of piperidine rings is 1. The first-order chi connectivity index (χ1) is 12.1. The van der Waals surface area contributed by atoms with Gasteiger partial charge in [-0.25, -0.2) is 4.79 Å². The number of rotatable bonds is 6. The molecule has 0 aliphatic carbocycles. The van der Waals surface area contributed by atoms with Crippen LogP contribution in [0.4, 0.5) is 4.79 Å². The van der Waals surface area contributed by atoms with Crippen molar-refractivity contribution in [1.82, 2.24) is 20.1 Å². The molecule has 136 valence electrons. The first kappa shape index (κ1) is 17.6. The third-order valence-electron chi connectivity index (χ3n) is 5.07. The van der Waals surface area contributed by atoms with E-state index in [-0.39, 0.29) is 12.1 Å². The molecule has 3 heterocycles. The molecule has 0 radical (unpaired) electrons. The lowest BCUT2D eigenvalue weighted by atomic mass is 10.1. The van der Waals surface area contributed by atoms with Gasteiger partial charge in [0, 0.05) is 25.0 Å². The van der Waals surface area contributed by atoms with E-state index >= 15 is 0 Å². The summed E-state index contributed by atoms with van der Waals surface area (Å²) in [7, 11) is 2.01. The minimum atomic E-state index is -0.146. The van der Waals surface area contributed by atoms with Crippen LogP contribution in [0, 0.1) is 6.92 Å². The van der Waals surface area contributed by atoms with Gasteiger partial charge in [0.2, 0.25) is 0 Å². The number of furan rings is 1. The van der Waals surface area contributed by atoms with E-state index in [0.717, 1.165) is 24.5 Å². The molecule has 1 aliphatic heterocycles. The summed E-state index contributed by atoms with van der Waals surface area (Å²) in [5, 5.41) is 5.94. The Labute approximate surface area is 149 Å². The van der Waals surface area contributed by atoms with Gasteiger partial charge in [0.25, 0.3) is 0 Å². The second kappa shape index (κ2) is 8.25. The lowest BCUT2D eigenvalue weighted by Gasteiger charge is -2.33. The molecule has 6 heteroatoms. The number of nitrogens with zero attached hydrogens (tertiary/aromatic N) is 2. The predicted octanol–water partition coefficient (Wildman–Crippen LogP) is 2.95. The van der Waals surface area contributed by atoms with Crippen LogP contribution in [-0.2, 0) is 13.6 Å². The Morgan fingerprint density at radius 1 is 1.20 bits per heavy atom. The number of hydrogen-bond acceptors (Lipinski definition) is 3. The van der Waals surface area contributed by atoms with Gasteiger partial charge in [-0.05, 0) is 57.1 Å². The second-order valence-electron chi connectivity index (χ2n) is 6.72. The fourth-order valence-corrected chi connectivity index (χ4v) is 3.39. The van der Waals surface area contributed by atoms with Crippen molar-refractivity contribution in [2.75, 3.05) is 19.6 Å². The quantitative estimate of drug-likeness (QED) is 0.847. The third kappa shape index (κ3) is 4.45. The molecule has 0 aromatic carbocycles. The van der Waals surface area contributed by atoms with Crippen LogP contribution in [0.2, 0.25) is 0 Å². The maximum absolute atomic E-state index is 12.2. The van der Waals surface area contributed by atoms with Gasteiger partial charge in [-0.1, -0.05) is 6.42 Å². The topological polar surface area (TPSA) is 62.4 Å². The van der Waals surface area contributed by atoms with E-state index in [9.17, 15) is 4.79 Å². The van der Waals surface area contributed by atoms with Gasteiger partial charge in [0.05, 0.1) is 18.8 Å². The molecule has 0 saturated carbocycles. The van der Waals surface area contributed by atoms with Crippen molar-refractivity contribution in [3.63, 3.8) is 0 Å². The van der Waals surface area contributed by atoms with Gasteiger partial charge in [-0.2, -0.15) is 0 Å². The molecule has 2 aromatic heterocycles. The fourth-order valence-electron chi connectivity index (χ4n) is 3.39. The molecule has 0 bridgehead atoms. The fraction of sp³-hybridized carbons (Fsp3) is 0.526. The lowest BCUT2D eigenvalue weighted by molar-refractivity contribution is 0.143. The van der Waals surface area contributed by atoms with Crippen molar-refractivity contribution >= 4 is 6.03 Å². The molecule has 2 amide bonds. The number of urea groups is 1. The summed E-state index contributed by atoms with van der Waals surface area (Å²) in [4.78, 5) is 14.6. The molecule has 1 saturated heterocycles. The van der Waals surface area contributed by atoms with Crippen LogP contribution in [0.1, 0.15) is 42.5 Å². The summed E-state index contributed by atoms with van der Waals surface area (Å²) < 4.78 is 7.70. The SMILES string of the molecule is Cc1ccc(CNC(=O)NCC(c2ccco2)N2CCCCC2)n1C. The molecule has 1 unspecified atom stereocenters. The molecular formula is C19H28N4O2. The smallest absolute Gasteiger partial charge is 0.315 e. The summed E-state index contributed by atoms with van der Waals surface area (Å²) in [5.74, 6) is 0.917. The van der Waals surface area contributed by atoms with Gasteiger partial charge < -0.3 is 19.6 Å². The number of aryl methyl sites for hydroxylation is 1. The van der Waals surface area contributed by atoms with Gasteiger partial charge in [-0.3, -0.25) is 4.90 Å². The van der Waals surface area contributed by atoms with Gasteiger partial charge >= 0.3 is 6.03 Å². The summed E-state index contributed by atoms with van der Waals surface area (Å²) in [5.41, 5.74) is 2.27. The number of nitrogens with one attached hydrogen (secondary N) is 2. The minimum absolute atomic E-state index is 0.0957. The number of likely N-dealkylation sites (tertiary alicyclic amines) is 1. The van der Waals surface area contributed by atoms with Crippen LogP contribution in [0.15, 0.2) is 34.9 Å². The van der Waals surface area contributed by atoms with E-state index in [2.05, 4.69) is 33.1 Å². The van der Waals surface area contributed by atoms with Crippen molar-refractivity contribution in [2.24, 2.45) is 7.05 Å². The molecule has 2 N–H and O–H groups in total. The van der Waals surface area contributed by atoms with E-state index in [1.54, 1.807) is 6.26 Å². The highest BCUT2D eigenvalue weighted by Crippen LogP contribution is 2.24. The molecule has 0 spiro atoms. The van der Waals surface area contributed by atoms with Crippen molar-refractivity contribution in [3.8, 4) is 0 Å². The van der Waals surface area contributed by atoms with E-state index in [1.807, 2.05) is 25.2 Å². The maximum Gasteiger partial charge on any atom is 0.315 e. The van der Waals surface area contributed by atoms with E-state index in [4.69, 9.17) is 4.42 Å². The Hall–Kier alpha value is -2.21. The van der Waals surface area contributed by atoms with Crippen LogP contribution >= 0.6 is 0 Å². The monoisotopic (exact) mass is 344 g/mol. The van der Waals surface area contributed by atoms with E-state index < -0.39 is 0 Å². The van der Waals surface area contributed by atoms with Crippen molar-refractivity contribution in [3.05, 3.63) is 47.7 Å². The predicted molar refractivity (Wildman–Crippen MR) is 97.3 cm³/mol. The standard InChI is InChI=1S/C19H28N4O2/c1-15-8-9-16(22(15)2)13-20-19(24)21-14-17(18-7-6-12-25-18)23-10-4-3-5-11-23/h6-9,12,17H,3-5,10-11,13-14H2,1-2H3,(H2,20,21,24). The highest BCUT2D eigenvalue weighted by atomic mass is 16.3. The number of carbonyl (C=O) groups is 1. The number of aromatic nitrogens is 1. The van der Waals surface area contributed by atoms with E-state index in [1.165, 1.54) is 25.0 Å². The number of amides is 2. The number of carbonyl (C=O) groups excluding carboxylic acids is 1. The molecular weight excluding hydrogens is 316 g/mol. The van der Waals surface area contributed by atoms with Crippen LogP contribution in [0.25, 0.3) is 0 Å². The average Bonchev–Trinajstić information content (AvgIpc) is 3.26. The summed E-state index contributed by atoms with van der Waals surface area (Å²) in [6.45, 7) is 5.22. The van der Waals surface area contributed by atoms with Gasteiger partial charge in [0.15, 0.2) is 0 Å². The Bertz CT molecular complexity index is 672. The third-order valence-corrected chi connectivity index (χ3v) is 5.07. The maximum atomic E-state index is 12.2. The molecule has 2 aromatic rings. The Balaban J connectivity index is 1.53. The van der Waals surface area contributed by atoms with Crippen molar-refractivity contribution in [1.29, 1.82) is 0 Å². The van der Waals surface area contributed by atoms with Crippen LogP contribution in [0.5, 0.6) is 0 Å². The zero-order valence-corrected chi connectivity index (χ0v) is 15.1. The van der Waals surface area contributed by atoms with E-state index in [0.29, 0.717) is 13.1 Å². The van der Waals surface area contributed by atoms with Crippen LogP contribution in [0.3, 0.4) is 0 Å². The van der Waals surface area contributed by atoms with Crippen LogP contribution < -0.4 is 10.6 Å². The zero-order chi connectivity index (χ0) is 17.6. The lowest BCUT2D eigenvalue weighted by Crippen LogP contribution is -2.43. The molecule has 1 fully saturated rings. The molecule has 6 nitrogen and oxygen atoms in total. The second-order valence-corrected chi connectivity index (χ2v) is 6.72. The van der Waals surface area contributed by atoms with Crippen LogP contribution in [-0.4, -0.2) is 35.1 Å². The first-order valence-electron chi connectivity index (χ1n) is 9.05. The van der Waals surface area contributed by atoms with Gasteiger partial charge in [-0.15, -0.1) is 0 Å². The molecule has 3 rings (SSSR count). The Morgan fingerprint density at radius 3 is 2.64 bits per heavy atom. The normalized spacial score (nSPS) is 16.6. The number of hydrogen-bond donors (Lipinski definition) is 2. The Morgan fingerprint density at radius 2 is 2.00 bits per heavy atom. The van der Waals surface area contributed by atoms with Crippen molar-refractivity contribution in [2.45, 2.75) is 38.8 Å². The highest BCUT2D eigenvalue weighted by molar-refractivity contribution is 5.73. The van der Waals surface area contributed by atoms with Crippen molar-refractivity contribution < 1.29 is 9.21 Å². The molecule has 1 atom stereocenters. The summed E-state index contributed by atoms with van der Waals surface area (Å²) in [6, 6.07) is 7.94. The highest BCUT2D eigenvalue weighted by Gasteiger charge is 2.24.